The van der Waals surface area contributed by atoms with Gasteiger partial charge in [-0.05, 0) is 61.5 Å². The lowest BCUT2D eigenvalue weighted by molar-refractivity contribution is -0.133. The number of piperidine rings is 1. The van der Waals surface area contributed by atoms with Crippen LogP contribution in [0.25, 0.3) is 0 Å². The number of carbonyl (C=O) groups excluding carboxylic acids is 1. The predicted octanol–water partition coefficient (Wildman–Crippen LogP) is 1.67. The third-order valence-corrected chi connectivity index (χ3v) is 4.42. The molecule has 0 radical (unpaired) electrons. The number of phenols is 1. The average Bonchev–Trinajstić information content (AvgIpc) is 2.47. The van der Waals surface area contributed by atoms with Crippen LogP contribution in [0.4, 0.5) is 0 Å². The van der Waals surface area contributed by atoms with Crippen LogP contribution in [-0.2, 0) is 17.8 Å². The Kier molecular flexibility index (Phi) is 3.92. The first kappa shape index (κ1) is 13.4. The van der Waals surface area contributed by atoms with Crippen molar-refractivity contribution in [3.05, 3.63) is 29.3 Å². The van der Waals surface area contributed by atoms with Gasteiger partial charge in [-0.15, -0.1) is 0 Å². The van der Waals surface area contributed by atoms with E-state index in [-0.39, 0.29) is 11.7 Å². The Morgan fingerprint density at radius 2 is 2.30 bits per heavy atom. The van der Waals surface area contributed by atoms with Crippen molar-refractivity contribution >= 4 is 5.91 Å². The summed E-state index contributed by atoms with van der Waals surface area (Å²) in [6.45, 7) is 3.50. The van der Waals surface area contributed by atoms with E-state index in [4.69, 9.17) is 0 Å². The summed E-state index contributed by atoms with van der Waals surface area (Å²) in [6, 6.07) is 5.48. The number of hydrogen-bond acceptors (Lipinski definition) is 3. The monoisotopic (exact) mass is 274 g/mol. The first-order valence-corrected chi connectivity index (χ1v) is 7.51. The molecule has 0 spiro atoms. The number of hydrogen-bond donors (Lipinski definition) is 2. The number of nitrogens with one attached hydrogen (secondary N) is 1. The predicted molar refractivity (Wildman–Crippen MR) is 77.4 cm³/mol. The van der Waals surface area contributed by atoms with Gasteiger partial charge in [0.25, 0.3) is 0 Å². The van der Waals surface area contributed by atoms with E-state index >= 15 is 0 Å². The van der Waals surface area contributed by atoms with Gasteiger partial charge in [0, 0.05) is 19.5 Å². The second kappa shape index (κ2) is 5.83. The number of benzene rings is 1. The molecule has 4 nitrogen and oxygen atoms in total. The van der Waals surface area contributed by atoms with E-state index in [1.807, 2.05) is 11.0 Å². The average molecular weight is 274 g/mol. The Morgan fingerprint density at radius 1 is 1.40 bits per heavy atom. The molecular weight excluding hydrogens is 252 g/mol. The van der Waals surface area contributed by atoms with Crippen LogP contribution in [0.3, 0.4) is 0 Å². The number of carbonyl (C=O) groups is 1. The summed E-state index contributed by atoms with van der Waals surface area (Å²) in [6.07, 6.45) is 3.88. The summed E-state index contributed by atoms with van der Waals surface area (Å²) in [5.74, 6) is 1.03. The Morgan fingerprint density at radius 3 is 3.10 bits per heavy atom. The Hall–Kier alpha value is -1.55. The van der Waals surface area contributed by atoms with Crippen LogP contribution < -0.4 is 5.32 Å². The van der Waals surface area contributed by atoms with Crippen molar-refractivity contribution in [1.82, 2.24) is 10.2 Å². The molecule has 4 heteroatoms. The highest BCUT2D eigenvalue weighted by Gasteiger charge is 2.24. The summed E-state index contributed by atoms with van der Waals surface area (Å²) in [4.78, 5) is 14.3. The summed E-state index contributed by atoms with van der Waals surface area (Å²) < 4.78 is 0. The van der Waals surface area contributed by atoms with Crippen molar-refractivity contribution in [3.63, 3.8) is 0 Å². The Labute approximate surface area is 119 Å². The Bertz CT molecular complexity index is 495. The van der Waals surface area contributed by atoms with E-state index in [1.54, 1.807) is 12.1 Å². The third kappa shape index (κ3) is 2.96. The fourth-order valence-corrected chi connectivity index (χ4v) is 3.23. The van der Waals surface area contributed by atoms with Crippen molar-refractivity contribution < 1.29 is 9.90 Å². The van der Waals surface area contributed by atoms with E-state index in [1.165, 1.54) is 12.0 Å². The van der Waals surface area contributed by atoms with E-state index < -0.39 is 0 Å². The van der Waals surface area contributed by atoms with Crippen LogP contribution in [0.5, 0.6) is 5.75 Å². The number of amides is 1. The highest BCUT2D eigenvalue weighted by atomic mass is 16.3. The maximum Gasteiger partial charge on any atom is 0.223 e. The third-order valence-electron chi connectivity index (χ3n) is 4.42. The molecule has 3 rings (SSSR count). The van der Waals surface area contributed by atoms with Crippen molar-refractivity contribution in [2.45, 2.75) is 32.2 Å². The second-order valence-corrected chi connectivity index (χ2v) is 5.93. The van der Waals surface area contributed by atoms with E-state index in [9.17, 15) is 9.90 Å². The minimum Gasteiger partial charge on any atom is -0.508 e. The molecule has 2 aliphatic heterocycles. The van der Waals surface area contributed by atoms with Crippen molar-refractivity contribution in [2.24, 2.45) is 5.92 Å². The molecule has 1 saturated heterocycles. The van der Waals surface area contributed by atoms with Gasteiger partial charge in [-0.2, -0.15) is 0 Å². The molecule has 1 unspecified atom stereocenters. The molecule has 0 aliphatic carbocycles. The van der Waals surface area contributed by atoms with Gasteiger partial charge in [-0.3, -0.25) is 4.79 Å². The first-order chi connectivity index (χ1) is 9.72. The van der Waals surface area contributed by atoms with Crippen LogP contribution in [0, 0.1) is 5.92 Å². The van der Waals surface area contributed by atoms with E-state index in [2.05, 4.69) is 5.32 Å². The minimum absolute atomic E-state index is 0.257. The highest BCUT2D eigenvalue weighted by Crippen LogP contribution is 2.24. The molecule has 108 valence electrons. The topological polar surface area (TPSA) is 52.6 Å². The molecule has 1 aromatic carbocycles. The van der Waals surface area contributed by atoms with Crippen LogP contribution >= 0.6 is 0 Å². The molecule has 1 atom stereocenters. The lowest BCUT2D eigenvalue weighted by Gasteiger charge is -2.31. The molecule has 0 bridgehead atoms. The number of fused-ring (bicyclic) bond motifs is 1. The molecule has 20 heavy (non-hydrogen) atoms. The zero-order valence-corrected chi connectivity index (χ0v) is 11.8. The van der Waals surface area contributed by atoms with Gasteiger partial charge in [-0.25, -0.2) is 0 Å². The second-order valence-electron chi connectivity index (χ2n) is 5.93. The number of phenolic OH excluding ortho intramolecular Hbond substituents is 1. The molecule has 2 aliphatic rings. The maximum atomic E-state index is 12.4. The molecule has 1 amide bonds. The number of aromatic hydroxyl groups is 1. The van der Waals surface area contributed by atoms with Crippen LogP contribution in [0.15, 0.2) is 18.2 Å². The summed E-state index contributed by atoms with van der Waals surface area (Å²) in [5.41, 5.74) is 2.34. The van der Waals surface area contributed by atoms with E-state index in [0.717, 1.165) is 38.0 Å². The van der Waals surface area contributed by atoms with Crippen molar-refractivity contribution in [1.29, 1.82) is 0 Å². The summed E-state index contributed by atoms with van der Waals surface area (Å²) in [7, 11) is 0. The molecule has 2 heterocycles. The number of rotatable bonds is 2. The largest absolute Gasteiger partial charge is 0.508 e. The van der Waals surface area contributed by atoms with Crippen molar-refractivity contribution in [2.75, 3.05) is 19.6 Å². The SMILES string of the molecule is O=C(CC1CCCNC1)N1CCc2ccc(O)cc2C1. The molecular formula is C16H22N2O2. The fourth-order valence-electron chi connectivity index (χ4n) is 3.23. The maximum absolute atomic E-state index is 12.4. The summed E-state index contributed by atoms with van der Waals surface area (Å²) >= 11 is 0. The molecule has 0 saturated carbocycles. The highest BCUT2D eigenvalue weighted by molar-refractivity contribution is 5.76. The van der Waals surface area contributed by atoms with Gasteiger partial charge < -0.3 is 15.3 Å². The minimum atomic E-state index is 0.257. The standard InChI is InChI=1S/C16H22N2O2/c19-15-4-3-13-5-7-18(11-14(13)9-15)16(20)8-12-2-1-6-17-10-12/h3-4,9,12,17,19H,1-2,5-8,10-11H2. The zero-order valence-electron chi connectivity index (χ0n) is 11.8. The van der Waals surface area contributed by atoms with Crippen LogP contribution in [0.1, 0.15) is 30.4 Å². The summed E-state index contributed by atoms with van der Waals surface area (Å²) in [5, 5.41) is 12.9. The molecule has 0 aromatic heterocycles. The van der Waals surface area contributed by atoms with Gasteiger partial charge in [0.1, 0.15) is 5.75 Å². The molecule has 1 aromatic rings. The van der Waals surface area contributed by atoms with Crippen molar-refractivity contribution in [3.8, 4) is 5.75 Å². The normalized spacial score (nSPS) is 22.4. The van der Waals surface area contributed by atoms with Crippen LogP contribution in [0.2, 0.25) is 0 Å². The molecule has 2 N–H and O–H groups in total. The lowest BCUT2D eigenvalue weighted by atomic mass is 9.94. The van der Waals surface area contributed by atoms with Gasteiger partial charge in [0.15, 0.2) is 0 Å². The first-order valence-electron chi connectivity index (χ1n) is 7.51. The Balaban J connectivity index is 1.62. The van der Waals surface area contributed by atoms with Gasteiger partial charge in [-0.1, -0.05) is 6.07 Å². The smallest absolute Gasteiger partial charge is 0.223 e. The zero-order chi connectivity index (χ0) is 13.9. The number of nitrogens with zero attached hydrogens (tertiary/aromatic N) is 1. The lowest BCUT2D eigenvalue weighted by Crippen LogP contribution is -2.39. The van der Waals surface area contributed by atoms with Gasteiger partial charge in [0.2, 0.25) is 5.91 Å². The van der Waals surface area contributed by atoms with Gasteiger partial charge >= 0.3 is 0 Å². The fraction of sp³-hybridized carbons (Fsp3) is 0.562. The van der Waals surface area contributed by atoms with E-state index in [0.29, 0.717) is 18.9 Å². The molecule has 1 fully saturated rings. The quantitative estimate of drug-likeness (QED) is 0.862. The van der Waals surface area contributed by atoms with Gasteiger partial charge in [0.05, 0.1) is 0 Å². The van der Waals surface area contributed by atoms with Crippen LogP contribution in [-0.4, -0.2) is 35.5 Å².